The SMILES string of the molecule is CCCCOc1ccc(C(=O)NNC(=O)c2cccc(CSC)c2)cc1OC. The van der Waals surface area contributed by atoms with Crippen LogP contribution in [0.1, 0.15) is 46.0 Å². The van der Waals surface area contributed by atoms with E-state index in [9.17, 15) is 9.59 Å². The number of benzene rings is 2. The van der Waals surface area contributed by atoms with Gasteiger partial charge in [0.25, 0.3) is 11.8 Å². The highest BCUT2D eigenvalue weighted by molar-refractivity contribution is 7.97. The van der Waals surface area contributed by atoms with Crippen LogP contribution in [0.4, 0.5) is 0 Å². The van der Waals surface area contributed by atoms with Crippen molar-refractivity contribution in [3.05, 3.63) is 59.2 Å². The average Bonchev–Trinajstić information content (AvgIpc) is 2.72. The lowest BCUT2D eigenvalue weighted by atomic mass is 10.1. The zero-order valence-corrected chi connectivity index (χ0v) is 17.2. The number of thioether (sulfide) groups is 1. The molecule has 2 amide bonds. The Hall–Kier alpha value is -2.67. The molecule has 0 saturated carbocycles. The van der Waals surface area contributed by atoms with Gasteiger partial charge in [-0.05, 0) is 48.6 Å². The number of amides is 2. The maximum atomic E-state index is 12.4. The van der Waals surface area contributed by atoms with E-state index in [4.69, 9.17) is 9.47 Å². The Morgan fingerprint density at radius 2 is 1.71 bits per heavy atom. The second kappa shape index (κ2) is 11.2. The second-order valence-electron chi connectivity index (χ2n) is 6.11. The molecule has 0 aliphatic rings. The first-order valence-corrected chi connectivity index (χ1v) is 10.5. The van der Waals surface area contributed by atoms with Gasteiger partial charge in [0.2, 0.25) is 0 Å². The number of ether oxygens (including phenoxy) is 2. The Morgan fingerprint density at radius 1 is 1.00 bits per heavy atom. The summed E-state index contributed by atoms with van der Waals surface area (Å²) in [5.41, 5.74) is 6.77. The fourth-order valence-corrected chi connectivity index (χ4v) is 2.99. The van der Waals surface area contributed by atoms with E-state index >= 15 is 0 Å². The number of hydrazine groups is 1. The van der Waals surface area contributed by atoms with Crippen LogP contribution in [0.15, 0.2) is 42.5 Å². The summed E-state index contributed by atoms with van der Waals surface area (Å²) >= 11 is 1.68. The summed E-state index contributed by atoms with van der Waals surface area (Å²) in [6.07, 6.45) is 3.97. The summed E-state index contributed by atoms with van der Waals surface area (Å²) in [5, 5.41) is 0. The molecule has 2 aromatic rings. The molecule has 2 aromatic carbocycles. The lowest BCUT2D eigenvalue weighted by Crippen LogP contribution is -2.41. The van der Waals surface area contributed by atoms with E-state index < -0.39 is 5.91 Å². The molecule has 0 aliphatic heterocycles. The molecule has 0 aromatic heterocycles. The van der Waals surface area contributed by atoms with Crippen LogP contribution in [0.25, 0.3) is 0 Å². The van der Waals surface area contributed by atoms with Crippen LogP contribution in [-0.4, -0.2) is 31.8 Å². The van der Waals surface area contributed by atoms with Gasteiger partial charge in [0.15, 0.2) is 11.5 Å². The summed E-state index contributed by atoms with van der Waals surface area (Å²) in [6, 6.07) is 12.2. The van der Waals surface area contributed by atoms with Crippen molar-refractivity contribution in [2.45, 2.75) is 25.5 Å². The molecule has 2 rings (SSSR count). The van der Waals surface area contributed by atoms with E-state index in [-0.39, 0.29) is 5.91 Å². The van der Waals surface area contributed by atoms with Crippen LogP contribution in [0.2, 0.25) is 0 Å². The van der Waals surface area contributed by atoms with Crippen LogP contribution in [0.5, 0.6) is 11.5 Å². The van der Waals surface area contributed by atoms with Gasteiger partial charge in [0, 0.05) is 16.9 Å². The molecule has 0 heterocycles. The number of hydrogen-bond donors (Lipinski definition) is 2. The van der Waals surface area contributed by atoms with E-state index in [0.717, 1.165) is 24.2 Å². The fraction of sp³-hybridized carbons (Fsp3) is 0.333. The van der Waals surface area contributed by atoms with Crippen LogP contribution < -0.4 is 20.3 Å². The normalized spacial score (nSPS) is 10.2. The number of nitrogens with one attached hydrogen (secondary N) is 2. The smallest absolute Gasteiger partial charge is 0.269 e. The molecule has 2 N–H and O–H groups in total. The Labute approximate surface area is 170 Å². The van der Waals surface area contributed by atoms with Gasteiger partial charge in [-0.15, -0.1) is 0 Å². The van der Waals surface area contributed by atoms with E-state index in [0.29, 0.717) is 29.2 Å². The molecule has 150 valence electrons. The van der Waals surface area contributed by atoms with Crippen molar-refractivity contribution in [3.63, 3.8) is 0 Å². The maximum Gasteiger partial charge on any atom is 0.269 e. The summed E-state index contributed by atoms with van der Waals surface area (Å²) in [5.74, 6) is 1.07. The lowest BCUT2D eigenvalue weighted by Gasteiger charge is -2.12. The zero-order chi connectivity index (χ0) is 20.4. The summed E-state index contributed by atoms with van der Waals surface area (Å²) in [4.78, 5) is 24.6. The minimum absolute atomic E-state index is 0.358. The van der Waals surface area contributed by atoms with Gasteiger partial charge in [-0.25, -0.2) is 0 Å². The number of methoxy groups -OCH3 is 1. The number of rotatable bonds is 9. The molecule has 0 bridgehead atoms. The van der Waals surface area contributed by atoms with Crippen LogP contribution in [0.3, 0.4) is 0 Å². The van der Waals surface area contributed by atoms with Gasteiger partial charge >= 0.3 is 0 Å². The highest BCUT2D eigenvalue weighted by Gasteiger charge is 2.13. The molecule has 6 nitrogen and oxygen atoms in total. The molecular formula is C21H26N2O4S. The molecule has 0 atom stereocenters. The number of carbonyl (C=O) groups excluding carboxylic acids is 2. The van der Waals surface area contributed by atoms with Crippen molar-refractivity contribution in [2.75, 3.05) is 20.0 Å². The number of carbonyl (C=O) groups is 2. The summed E-state index contributed by atoms with van der Waals surface area (Å²) in [6.45, 7) is 2.67. The predicted octanol–water partition coefficient (Wildman–Crippen LogP) is 3.81. The Morgan fingerprint density at radius 3 is 2.36 bits per heavy atom. The largest absolute Gasteiger partial charge is 0.493 e. The summed E-state index contributed by atoms with van der Waals surface area (Å²) in [7, 11) is 1.52. The van der Waals surface area contributed by atoms with Gasteiger partial charge in [0.1, 0.15) is 0 Å². The topological polar surface area (TPSA) is 76.7 Å². The van der Waals surface area contributed by atoms with E-state index in [1.165, 1.54) is 7.11 Å². The molecule has 7 heteroatoms. The van der Waals surface area contributed by atoms with Crippen LogP contribution >= 0.6 is 11.8 Å². The van der Waals surface area contributed by atoms with Crippen LogP contribution in [-0.2, 0) is 5.75 Å². The van der Waals surface area contributed by atoms with Gasteiger partial charge < -0.3 is 9.47 Å². The van der Waals surface area contributed by atoms with Crippen LogP contribution in [0, 0.1) is 0 Å². The fourth-order valence-electron chi connectivity index (χ4n) is 2.48. The molecule has 0 fully saturated rings. The first kappa shape index (κ1) is 21.6. The molecule has 0 saturated heterocycles. The highest BCUT2D eigenvalue weighted by Crippen LogP contribution is 2.28. The predicted molar refractivity (Wildman–Crippen MR) is 112 cm³/mol. The third kappa shape index (κ3) is 6.20. The Bertz CT molecular complexity index is 811. The van der Waals surface area contributed by atoms with Crippen molar-refractivity contribution < 1.29 is 19.1 Å². The first-order chi connectivity index (χ1) is 13.6. The van der Waals surface area contributed by atoms with Crippen molar-refractivity contribution in [3.8, 4) is 11.5 Å². The van der Waals surface area contributed by atoms with Crippen molar-refractivity contribution in [1.82, 2.24) is 10.9 Å². The van der Waals surface area contributed by atoms with E-state index in [2.05, 4.69) is 17.8 Å². The maximum absolute atomic E-state index is 12.4. The monoisotopic (exact) mass is 402 g/mol. The second-order valence-corrected chi connectivity index (χ2v) is 6.98. The molecule has 0 aliphatic carbocycles. The Balaban J connectivity index is 1.98. The first-order valence-electron chi connectivity index (χ1n) is 9.08. The summed E-state index contributed by atoms with van der Waals surface area (Å²) < 4.78 is 11.0. The molecule has 0 radical (unpaired) electrons. The van der Waals surface area contributed by atoms with Crippen molar-refractivity contribution >= 4 is 23.6 Å². The molecule has 0 spiro atoms. The van der Waals surface area contributed by atoms with Crippen molar-refractivity contribution in [1.29, 1.82) is 0 Å². The molecule has 28 heavy (non-hydrogen) atoms. The van der Waals surface area contributed by atoms with Gasteiger partial charge in [-0.1, -0.05) is 25.5 Å². The molecule has 0 unspecified atom stereocenters. The van der Waals surface area contributed by atoms with Gasteiger partial charge in [-0.3, -0.25) is 20.4 Å². The van der Waals surface area contributed by atoms with Crippen molar-refractivity contribution in [2.24, 2.45) is 0 Å². The average molecular weight is 403 g/mol. The minimum atomic E-state index is -0.438. The third-order valence-corrected chi connectivity index (χ3v) is 4.59. The molecular weight excluding hydrogens is 376 g/mol. The standard InChI is InChI=1S/C21H26N2O4S/c1-4-5-11-27-18-10-9-17(13-19(18)26-2)21(25)23-22-20(24)16-8-6-7-15(12-16)14-28-3/h6-10,12-13H,4-5,11,14H2,1-3H3,(H,22,24)(H,23,25). The quantitative estimate of drug-likeness (QED) is 0.493. The van der Waals surface area contributed by atoms with Gasteiger partial charge in [0.05, 0.1) is 13.7 Å². The Kier molecular flexibility index (Phi) is 8.68. The van der Waals surface area contributed by atoms with E-state index in [1.807, 2.05) is 24.5 Å². The highest BCUT2D eigenvalue weighted by atomic mass is 32.2. The zero-order valence-electron chi connectivity index (χ0n) is 16.4. The third-order valence-electron chi connectivity index (χ3n) is 3.97. The number of hydrogen-bond acceptors (Lipinski definition) is 5. The van der Waals surface area contributed by atoms with E-state index in [1.54, 1.807) is 36.0 Å². The number of unbranched alkanes of at least 4 members (excludes halogenated alkanes) is 1. The van der Waals surface area contributed by atoms with Gasteiger partial charge in [-0.2, -0.15) is 11.8 Å². The minimum Gasteiger partial charge on any atom is -0.493 e. The lowest BCUT2D eigenvalue weighted by molar-refractivity contribution is 0.0846.